The van der Waals surface area contributed by atoms with Gasteiger partial charge in [-0.3, -0.25) is 9.36 Å². The Morgan fingerprint density at radius 1 is 1.27 bits per heavy atom. The lowest BCUT2D eigenvalue weighted by molar-refractivity contribution is -0.116. The zero-order chi connectivity index (χ0) is 15.7. The molecule has 1 N–H and O–H groups in total. The maximum absolute atomic E-state index is 13.2. The predicted molar refractivity (Wildman–Crippen MR) is 80.2 cm³/mol. The molecule has 2 aromatic carbocycles. The van der Waals surface area contributed by atoms with Crippen LogP contribution in [-0.4, -0.2) is 10.5 Å². The van der Waals surface area contributed by atoms with E-state index in [2.05, 4.69) is 5.32 Å². The number of benzene rings is 2. The van der Waals surface area contributed by atoms with Gasteiger partial charge >= 0.3 is 5.76 Å². The molecule has 0 radical (unpaired) electrons. The van der Waals surface area contributed by atoms with E-state index in [1.807, 2.05) is 0 Å². The van der Waals surface area contributed by atoms with Crippen molar-refractivity contribution in [3.05, 3.63) is 64.4 Å². The van der Waals surface area contributed by atoms with Crippen molar-refractivity contribution in [1.82, 2.24) is 4.57 Å². The third-order valence-corrected chi connectivity index (χ3v) is 3.35. The maximum Gasteiger partial charge on any atom is 0.420 e. The molecule has 0 aliphatic rings. The Kier molecular flexibility index (Phi) is 3.50. The largest absolute Gasteiger partial charge is 0.420 e. The van der Waals surface area contributed by atoms with Crippen LogP contribution in [0.15, 0.2) is 51.7 Å². The second-order valence-corrected chi connectivity index (χ2v) is 4.93. The van der Waals surface area contributed by atoms with Gasteiger partial charge in [-0.15, -0.1) is 0 Å². The molecule has 5 nitrogen and oxygen atoms in total. The number of fused-ring (bicyclic) bond motifs is 1. The van der Waals surface area contributed by atoms with Crippen LogP contribution in [0, 0.1) is 12.7 Å². The van der Waals surface area contributed by atoms with E-state index in [9.17, 15) is 14.0 Å². The molecule has 0 unspecified atom stereocenters. The second kappa shape index (κ2) is 5.48. The van der Waals surface area contributed by atoms with E-state index in [0.717, 1.165) is 5.56 Å². The lowest BCUT2D eigenvalue weighted by atomic mass is 10.2. The predicted octanol–water partition coefficient (Wildman–Crippen LogP) is 2.68. The number of aryl methyl sites for hydroxylation is 1. The second-order valence-electron chi connectivity index (χ2n) is 4.93. The number of nitrogens with zero attached hydrogens (tertiary/aromatic N) is 1. The number of hydrogen-bond donors (Lipinski definition) is 1. The van der Waals surface area contributed by atoms with E-state index in [-0.39, 0.29) is 6.54 Å². The van der Waals surface area contributed by atoms with Gasteiger partial charge in [0.15, 0.2) is 5.58 Å². The molecule has 112 valence electrons. The first kappa shape index (κ1) is 14.1. The molecule has 1 amide bonds. The van der Waals surface area contributed by atoms with Crippen LogP contribution in [0.5, 0.6) is 0 Å². The van der Waals surface area contributed by atoms with Crippen molar-refractivity contribution in [3.63, 3.8) is 0 Å². The lowest BCUT2D eigenvalue weighted by Crippen LogP contribution is -2.25. The number of amides is 1. The average molecular weight is 300 g/mol. The molecule has 0 atom stereocenters. The third kappa shape index (κ3) is 2.63. The van der Waals surface area contributed by atoms with Crippen LogP contribution in [-0.2, 0) is 11.3 Å². The van der Waals surface area contributed by atoms with Crippen molar-refractivity contribution in [2.24, 2.45) is 0 Å². The van der Waals surface area contributed by atoms with E-state index in [1.54, 1.807) is 37.3 Å². The molecule has 0 aliphatic heterocycles. The van der Waals surface area contributed by atoms with Crippen LogP contribution in [0.25, 0.3) is 11.1 Å². The number of rotatable bonds is 3. The molecule has 0 fully saturated rings. The molecule has 0 saturated carbocycles. The fourth-order valence-corrected chi connectivity index (χ4v) is 2.23. The molecule has 0 bridgehead atoms. The quantitative estimate of drug-likeness (QED) is 0.809. The van der Waals surface area contributed by atoms with E-state index in [1.165, 1.54) is 16.7 Å². The Morgan fingerprint density at radius 3 is 2.86 bits per heavy atom. The van der Waals surface area contributed by atoms with Crippen molar-refractivity contribution in [2.75, 3.05) is 5.32 Å². The summed E-state index contributed by atoms with van der Waals surface area (Å²) < 4.78 is 19.5. The van der Waals surface area contributed by atoms with Crippen LogP contribution >= 0.6 is 0 Å². The molecule has 1 heterocycles. The molecular formula is C16H13FN2O3. The fraction of sp³-hybridized carbons (Fsp3) is 0.125. The highest BCUT2D eigenvalue weighted by molar-refractivity contribution is 5.92. The number of anilines is 1. The SMILES string of the molecule is Cc1ccc(F)cc1NC(=O)Cn1c(=O)oc2ccccc21. The van der Waals surface area contributed by atoms with Gasteiger partial charge in [-0.25, -0.2) is 9.18 Å². The van der Waals surface area contributed by atoms with Gasteiger partial charge < -0.3 is 9.73 Å². The van der Waals surface area contributed by atoms with Crippen LogP contribution in [0.1, 0.15) is 5.56 Å². The number of oxazole rings is 1. The highest BCUT2D eigenvalue weighted by atomic mass is 19.1. The van der Waals surface area contributed by atoms with Crippen LogP contribution in [0.3, 0.4) is 0 Å². The molecule has 0 saturated heterocycles. The number of carbonyl (C=O) groups is 1. The summed E-state index contributed by atoms with van der Waals surface area (Å²) in [4.78, 5) is 23.9. The first-order chi connectivity index (χ1) is 10.5. The van der Waals surface area contributed by atoms with Gasteiger partial charge in [0.25, 0.3) is 0 Å². The average Bonchev–Trinajstić information content (AvgIpc) is 2.79. The molecule has 3 aromatic rings. The minimum absolute atomic E-state index is 0.203. The molecule has 3 rings (SSSR count). The van der Waals surface area contributed by atoms with Gasteiger partial charge in [0.05, 0.1) is 5.52 Å². The number of aromatic nitrogens is 1. The Morgan fingerprint density at radius 2 is 2.05 bits per heavy atom. The smallest absolute Gasteiger partial charge is 0.408 e. The standard InChI is InChI=1S/C16H13FN2O3/c1-10-6-7-11(17)8-12(10)18-15(20)9-19-13-4-2-3-5-14(13)22-16(19)21/h2-8H,9H2,1H3,(H,18,20). The van der Waals surface area contributed by atoms with Crippen LogP contribution < -0.4 is 11.1 Å². The molecule has 6 heteroatoms. The summed E-state index contributed by atoms with van der Waals surface area (Å²) in [6, 6.07) is 11.0. The zero-order valence-corrected chi connectivity index (χ0v) is 11.8. The van der Waals surface area contributed by atoms with Crippen LogP contribution in [0.2, 0.25) is 0 Å². The first-order valence-corrected chi connectivity index (χ1v) is 6.69. The minimum atomic E-state index is -0.604. The molecular weight excluding hydrogens is 287 g/mol. The van der Waals surface area contributed by atoms with E-state index in [0.29, 0.717) is 16.8 Å². The Labute approximate surface area is 125 Å². The topological polar surface area (TPSA) is 64.2 Å². The third-order valence-electron chi connectivity index (χ3n) is 3.35. The molecule has 22 heavy (non-hydrogen) atoms. The molecule has 1 aromatic heterocycles. The van der Waals surface area contributed by atoms with Gasteiger partial charge in [-0.1, -0.05) is 18.2 Å². The Hall–Kier alpha value is -2.89. The van der Waals surface area contributed by atoms with Crippen molar-refractivity contribution in [3.8, 4) is 0 Å². The van der Waals surface area contributed by atoms with Gasteiger partial charge in [0, 0.05) is 5.69 Å². The van der Waals surface area contributed by atoms with Crippen molar-refractivity contribution in [2.45, 2.75) is 13.5 Å². The highest BCUT2D eigenvalue weighted by Crippen LogP contribution is 2.16. The first-order valence-electron chi connectivity index (χ1n) is 6.69. The summed E-state index contributed by atoms with van der Waals surface area (Å²) in [5.74, 6) is -1.47. The fourth-order valence-electron chi connectivity index (χ4n) is 2.23. The normalized spacial score (nSPS) is 10.8. The van der Waals surface area contributed by atoms with Gasteiger partial charge in [-0.2, -0.15) is 0 Å². The minimum Gasteiger partial charge on any atom is -0.408 e. The molecule has 0 spiro atoms. The summed E-state index contributed by atoms with van der Waals surface area (Å²) in [6.07, 6.45) is 0. The zero-order valence-electron chi connectivity index (χ0n) is 11.8. The van der Waals surface area contributed by atoms with Crippen LogP contribution in [0.4, 0.5) is 10.1 Å². The number of nitrogens with one attached hydrogen (secondary N) is 1. The van der Waals surface area contributed by atoms with E-state index >= 15 is 0 Å². The Balaban J connectivity index is 1.86. The van der Waals surface area contributed by atoms with Crippen molar-refractivity contribution in [1.29, 1.82) is 0 Å². The van der Waals surface area contributed by atoms with Crippen molar-refractivity contribution < 1.29 is 13.6 Å². The van der Waals surface area contributed by atoms with E-state index in [4.69, 9.17) is 4.42 Å². The maximum atomic E-state index is 13.2. The summed E-state index contributed by atoms with van der Waals surface area (Å²) >= 11 is 0. The summed E-state index contributed by atoms with van der Waals surface area (Å²) in [5, 5.41) is 2.60. The number of hydrogen-bond acceptors (Lipinski definition) is 3. The summed E-state index contributed by atoms with van der Waals surface area (Å²) in [7, 11) is 0. The van der Waals surface area contributed by atoms with Crippen molar-refractivity contribution >= 4 is 22.7 Å². The Bertz CT molecular complexity index is 911. The summed E-state index contributed by atoms with van der Waals surface area (Å²) in [5.41, 5.74) is 2.07. The van der Waals surface area contributed by atoms with Gasteiger partial charge in [-0.05, 0) is 36.8 Å². The summed E-state index contributed by atoms with van der Waals surface area (Å²) in [6.45, 7) is 1.56. The van der Waals surface area contributed by atoms with Gasteiger partial charge in [0.2, 0.25) is 5.91 Å². The highest BCUT2D eigenvalue weighted by Gasteiger charge is 2.13. The van der Waals surface area contributed by atoms with E-state index < -0.39 is 17.5 Å². The van der Waals surface area contributed by atoms with Gasteiger partial charge in [0.1, 0.15) is 12.4 Å². The number of carbonyl (C=O) groups excluding carboxylic acids is 1. The monoisotopic (exact) mass is 300 g/mol. The number of para-hydroxylation sites is 2. The molecule has 0 aliphatic carbocycles. The number of halogens is 1. The lowest BCUT2D eigenvalue weighted by Gasteiger charge is -2.08.